The molecule has 0 radical (unpaired) electrons. The Hall–Kier alpha value is -2.86. The fourth-order valence-corrected chi connectivity index (χ4v) is 4.77. The topological polar surface area (TPSA) is 68.2 Å². The van der Waals surface area contributed by atoms with Crippen LogP contribution in [0.4, 0.5) is 0 Å². The maximum atomic E-state index is 13.1. The van der Waals surface area contributed by atoms with Gasteiger partial charge in [-0.15, -0.1) is 5.10 Å². The van der Waals surface area contributed by atoms with Crippen LogP contribution in [0.15, 0.2) is 53.6 Å². The first kappa shape index (κ1) is 24.3. The third kappa shape index (κ3) is 5.79. The van der Waals surface area contributed by atoms with E-state index in [2.05, 4.69) is 5.10 Å². The van der Waals surface area contributed by atoms with Crippen LogP contribution in [0.25, 0.3) is 0 Å². The van der Waals surface area contributed by atoms with Crippen LogP contribution in [-0.4, -0.2) is 35.0 Å². The minimum Gasteiger partial charge on any atom is -0.466 e. The lowest BCUT2D eigenvalue weighted by Gasteiger charge is -2.28. The molecule has 1 saturated carbocycles. The Balaban J connectivity index is 1.53. The first-order chi connectivity index (χ1) is 16.2. The van der Waals surface area contributed by atoms with Crippen molar-refractivity contribution in [2.75, 3.05) is 6.61 Å². The molecule has 1 heterocycles. The number of hydrazone groups is 1. The molecule has 6 nitrogen and oxygen atoms in total. The van der Waals surface area contributed by atoms with Crippen molar-refractivity contribution in [3.8, 4) is 0 Å². The Labute approximate surface area is 205 Å². The van der Waals surface area contributed by atoms with Crippen molar-refractivity contribution in [2.24, 2.45) is 11.0 Å². The highest BCUT2D eigenvalue weighted by Gasteiger charge is 2.35. The van der Waals surface area contributed by atoms with Crippen molar-refractivity contribution in [1.82, 2.24) is 5.01 Å². The van der Waals surface area contributed by atoms with E-state index >= 15 is 0 Å². The molecular formula is C27H31ClN2O4. The molecule has 1 unspecified atom stereocenters. The zero-order valence-electron chi connectivity index (χ0n) is 19.9. The van der Waals surface area contributed by atoms with Crippen LogP contribution in [-0.2, 0) is 25.6 Å². The van der Waals surface area contributed by atoms with E-state index in [4.69, 9.17) is 21.1 Å². The van der Waals surface area contributed by atoms with E-state index in [0.29, 0.717) is 28.9 Å². The Kier molecular flexibility index (Phi) is 7.27. The molecule has 2 aromatic rings. The van der Waals surface area contributed by atoms with Crippen LogP contribution in [0.2, 0.25) is 5.02 Å². The maximum Gasteiger partial charge on any atom is 0.314 e. The lowest BCUT2D eigenvalue weighted by Crippen LogP contribution is -2.36. The molecule has 4 rings (SSSR count). The second kappa shape index (κ2) is 10.2. The second-order valence-corrected chi connectivity index (χ2v) is 10.3. The van der Waals surface area contributed by atoms with Gasteiger partial charge in [0.2, 0.25) is 5.90 Å². The average molecular weight is 483 g/mol. The van der Waals surface area contributed by atoms with Gasteiger partial charge in [-0.25, -0.2) is 5.01 Å². The monoisotopic (exact) mass is 482 g/mol. The van der Waals surface area contributed by atoms with Crippen LogP contribution in [0.1, 0.15) is 69.1 Å². The highest BCUT2D eigenvalue weighted by Crippen LogP contribution is 2.39. The van der Waals surface area contributed by atoms with Gasteiger partial charge in [0.15, 0.2) is 6.61 Å². The molecule has 0 spiro atoms. The fraction of sp³-hybridized carbons (Fsp3) is 0.444. The first-order valence-electron chi connectivity index (χ1n) is 11.8. The molecule has 1 aliphatic carbocycles. The largest absolute Gasteiger partial charge is 0.466 e. The number of ether oxygens (including phenoxy) is 2. The zero-order chi connectivity index (χ0) is 24.3. The molecule has 0 bridgehead atoms. The van der Waals surface area contributed by atoms with Crippen molar-refractivity contribution < 1.29 is 19.1 Å². The summed E-state index contributed by atoms with van der Waals surface area (Å²) in [5.74, 6) is -0.0371. The summed E-state index contributed by atoms with van der Waals surface area (Å²) >= 11 is 6.27. The Morgan fingerprint density at radius 3 is 2.47 bits per heavy atom. The molecule has 1 aliphatic heterocycles. The molecule has 0 saturated heterocycles. The summed E-state index contributed by atoms with van der Waals surface area (Å²) in [6.45, 7) is 5.91. The summed E-state index contributed by atoms with van der Waals surface area (Å²) in [5, 5.41) is 6.31. The number of halogens is 1. The van der Waals surface area contributed by atoms with Crippen molar-refractivity contribution in [3.05, 3.63) is 70.2 Å². The molecule has 34 heavy (non-hydrogen) atoms. The molecule has 1 fully saturated rings. The summed E-state index contributed by atoms with van der Waals surface area (Å²) in [5.41, 5.74) is 1.99. The standard InChI is InChI=1S/C27H31ClN2O4/c1-27(2,3)34-26(32)24(19-8-4-5-9-19)20-14-12-18(13-15-20)16-30-23(31)17-33-25(29-30)21-10-6-7-11-22(21)28/h6-7,10-15,19,24H,4-5,8-9,16-17H2,1-3H3. The van der Waals surface area contributed by atoms with Crippen LogP contribution < -0.4 is 0 Å². The van der Waals surface area contributed by atoms with Crippen LogP contribution in [0, 0.1) is 5.92 Å². The van der Waals surface area contributed by atoms with Crippen LogP contribution in [0.3, 0.4) is 0 Å². The van der Waals surface area contributed by atoms with E-state index in [9.17, 15) is 9.59 Å². The van der Waals surface area contributed by atoms with Crippen LogP contribution >= 0.6 is 11.6 Å². The van der Waals surface area contributed by atoms with Crippen molar-refractivity contribution in [3.63, 3.8) is 0 Å². The Morgan fingerprint density at radius 2 is 1.82 bits per heavy atom. The summed E-state index contributed by atoms with van der Waals surface area (Å²) in [7, 11) is 0. The van der Waals surface area contributed by atoms with Gasteiger partial charge in [0.25, 0.3) is 5.91 Å². The molecule has 7 heteroatoms. The summed E-state index contributed by atoms with van der Waals surface area (Å²) in [4.78, 5) is 25.5. The lowest BCUT2D eigenvalue weighted by atomic mass is 9.84. The number of rotatable bonds is 6. The average Bonchev–Trinajstić information content (AvgIpc) is 3.30. The maximum absolute atomic E-state index is 13.1. The van der Waals surface area contributed by atoms with Gasteiger partial charge < -0.3 is 9.47 Å². The second-order valence-electron chi connectivity index (χ2n) is 9.92. The number of carbonyl (C=O) groups excluding carboxylic acids is 2. The minimum absolute atomic E-state index is 0.0927. The van der Waals surface area contributed by atoms with Gasteiger partial charge in [-0.2, -0.15) is 0 Å². The number of esters is 1. The summed E-state index contributed by atoms with van der Waals surface area (Å²) in [6, 6.07) is 15.1. The Bertz CT molecular complexity index is 1070. The quantitative estimate of drug-likeness (QED) is 0.497. The molecule has 180 valence electrons. The first-order valence-corrected chi connectivity index (χ1v) is 12.2. The predicted molar refractivity (Wildman–Crippen MR) is 131 cm³/mol. The SMILES string of the molecule is CC(C)(C)OC(=O)C(c1ccc(CN2N=C(c3ccccc3Cl)OCC2=O)cc1)C1CCCC1. The molecule has 2 aliphatic rings. The molecule has 1 amide bonds. The van der Waals surface area contributed by atoms with E-state index in [1.807, 2.05) is 63.2 Å². The van der Waals surface area contributed by atoms with E-state index in [1.165, 1.54) is 5.01 Å². The van der Waals surface area contributed by atoms with Gasteiger partial charge in [0.1, 0.15) is 5.60 Å². The number of carbonyl (C=O) groups is 2. The van der Waals surface area contributed by atoms with E-state index < -0.39 is 5.60 Å². The number of benzene rings is 2. The highest BCUT2D eigenvalue weighted by molar-refractivity contribution is 6.33. The molecule has 0 N–H and O–H groups in total. The number of amides is 1. The van der Waals surface area contributed by atoms with Gasteiger partial charge in [-0.3, -0.25) is 9.59 Å². The fourth-order valence-electron chi connectivity index (χ4n) is 4.55. The van der Waals surface area contributed by atoms with E-state index in [0.717, 1.165) is 36.8 Å². The third-order valence-corrected chi connectivity index (χ3v) is 6.47. The van der Waals surface area contributed by atoms with Crippen molar-refractivity contribution in [2.45, 2.75) is 64.5 Å². The third-order valence-electron chi connectivity index (χ3n) is 6.14. The molecule has 0 aromatic heterocycles. The molecular weight excluding hydrogens is 452 g/mol. The van der Waals surface area contributed by atoms with Gasteiger partial charge in [-0.1, -0.05) is 60.8 Å². The minimum atomic E-state index is -0.526. The van der Waals surface area contributed by atoms with Crippen LogP contribution in [0.5, 0.6) is 0 Å². The lowest BCUT2D eigenvalue weighted by molar-refractivity contribution is -0.158. The van der Waals surface area contributed by atoms with Crippen molar-refractivity contribution >= 4 is 29.4 Å². The summed E-state index contributed by atoms with van der Waals surface area (Å²) in [6.07, 6.45) is 4.36. The van der Waals surface area contributed by atoms with Gasteiger partial charge in [0, 0.05) is 0 Å². The van der Waals surface area contributed by atoms with E-state index in [1.54, 1.807) is 6.07 Å². The number of hydrogen-bond acceptors (Lipinski definition) is 5. The number of nitrogens with zero attached hydrogens (tertiary/aromatic N) is 2. The zero-order valence-corrected chi connectivity index (χ0v) is 20.7. The predicted octanol–water partition coefficient (Wildman–Crippen LogP) is 5.68. The normalized spacial score (nSPS) is 17.8. The Morgan fingerprint density at radius 1 is 1.15 bits per heavy atom. The van der Waals surface area contributed by atoms with Gasteiger partial charge in [-0.05, 0) is 62.8 Å². The van der Waals surface area contributed by atoms with E-state index in [-0.39, 0.29) is 24.4 Å². The number of hydrogen-bond donors (Lipinski definition) is 0. The molecule has 2 aromatic carbocycles. The highest BCUT2D eigenvalue weighted by atomic mass is 35.5. The smallest absolute Gasteiger partial charge is 0.314 e. The summed E-state index contributed by atoms with van der Waals surface area (Å²) < 4.78 is 11.3. The van der Waals surface area contributed by atoms with Crippen molar-refractivity contribution in [1.29, 1.82) is 0 Å². The molecule has 1 atom stereocenters. The van der Waals surface area contributed by atoms with Gasteiger partial charge in [0.05, 0.1) is 23.0 Å². The van der Waals surface area contributed by atoms with Gasteiger partial charge >= 0.3 is 5.97 Å².